The van der Waals surface area contributed by atoms with E-state index in [0.717, 1.165) is 25.1 Å². The smallest absolute Gasteiger partial charge is 0.0555 e. The first-order chi connectivity index (χ1) is 9.83. The summed E-state index contributed by atoms with van der Waals surface area (Å²) in [6.07, 6.45) is 4.79. The zero-order valence-electron chi connectivity index (χ0n) is 12.0. The third-order valence-electron chi connectivity index (χ3n) is 3.87. The Morgan fingerprint density at radius 3 is 2.55 bits per heavy atom. The van der Waals surface area contributed by atoms with E-state index in [4.69, 9.17) is 10.8 Å². The highest BCUT2D eigenvalue weighted by atomic mass is 16.3. The number of rotatable bonds is 6. The van der Waals surface area contributed by atoms with Crippen LogP contribution >= 0.6 is 0 Å². The van der Waals surface area contributed by atoms with E-state index in [1.165, 1.54) is 24.8 Å². The van der Waals surface area contributed by atoms with Crippen LogP contribution in [0.1, 0.15) is 36.8 Å². The second-order valence-corrected chi connectivity index (χ2v) is 5.34. The molecule has 1 aromatic carbocycles. The Labute approximate surface area is 121 Å². The highest BCUT2D eigenvalue weighted by Gasteiger charge is 2.24. The van der Waals surface area contributed by atoms with Crippen LogP contribution in [0.15, 0.2) is 24.3 Å². The lowest BCUT2D eigenvalue weighted by Gasteiger charge is -2.37. The molecule has 1 saturated carbocycles. The zero-order valence-corrected chi connectivity index (χ0v) is 12.0. The lowest BCUT2D eigenvalue weighted by atomic mass is 9.91. The van der Waals surface area contributed by atoms with Crippen LogP contribution in [0.5, 0.6) is 0 Å². The summed E-state index contributed by atoms with van der Waals surface area (Å²) in [4.78, 5) is 2.50. The van der Waals surface area contributed by atoms with E-state index >= 15 is 0 Å². The molecule has 1 aliphatic rings. The van der Waals surface area contributed by atoms with E-state index in [1.807, 2.05) is 0 Å². The molecule has 3 nitrogen and oxygen atoms in total. The molecule has 0 saturated heterocycles. The Balaban J connectivity index is 1.95. The number of aliphatic hydroxyl groups is 1. The number of aliphatic hydroxyl groups excluding tert-OH is 1. The topological polar surface area (TPSA) is 49.5 Å². The quantitative estimate of drug-likeness (QED) is 0.776. The zero-order chi connectivity index (χ0) is 14.2. The molecule has 0 aromatic heterocycles. The fourth-order valence-corrected chi connectivity index (χ4v) is 2.50. The predicted molar refractivity (Wildman–Crippen MR) is 82.1 cm³/mol. The van der Waals surface area contributed by atoms with Crippen molar-refractivity contribution >= 4 is 0 Å². The van der Waals surface area contributed by atoms with Gasteiger partial charge in [-0.05, 0) is 37.0 Å². The summed E-state index contributed by atoms with van der Waals surface area (Å²) in [5.74, 6) is 5.91. The van der Waals surface area contributed by atoms with Crippen LogP contribution in [0.25, 0.3) is 0 Å². The summed E-state index contributed by atoms with van der Waals surface area (Å²) < 4.78 is 0. The van der Waals surface area contributed by atoms with Crippen molar-refractivity contribution in [2.24, 2.45) is 5.73 Å². The number of hydrogen-bond acceptors (Lipinski definition) is 3. The van der Waals surface area contributed by atoms with Crippen LogP contribution in [0.2, 0.25) is 0 Å². The molecule has 0 amide bonds. The summed E-state index contributed by atoms with van der Waals surface area (Å²) in [5.41, 5.74) is 7.70. The number of nitrogens with two attached hydrogens (primary N) is 1. The van der Waals surface area contributed by atoms with Crippen LogP contribution < -0.4 is 5.73 Å². The van der Waals surface area contributed by atoms with Crippen molar-refractivity contribution in [2.45, 2.75) is 38.3 Å². The van der Waals surface area contributed by atoms with Crippen molar-refractivity contribution < 1.29 is 5.11 Å². The predicted octanol–water partition coefficient (Wildman–Crippen LogP) is 1.73. The molecule has 2 rings (SSSR count). The molecule has 0 heterocycles. The molecule has 0 atom stereocenters. The maximum Gasteiger partial charge on any atom is 0.0555 e. The molecule has 1 fully saturated rings. The molecule has 1 aliphatic carbocycles. The third kappa shape index (κ3) is 4.35. The number of benzene rings is 1. The summed E-state index contributed by atoms with van der Waals surface area (Å²) >= 11 is 0. The first-order valence-electron chi connectivity index (χ1n) is 7.46. The van der Waals surface area contributed by atoms with Gasteiger partial charge in [0, 0.05) is 31.3 Å². The SMILES string of the molecule is NCC#Cc1ccc(CN(CCCO)C2CCC2)cc1. The van der Waals surface area contributed by atoms with Gasteiger partial charge >= 0.3 is 0 Å². The van der Waals surface area contributed by atoms with E-state index in [-0.39, 0.29) is 6.61 Å². The second kappa shape index (κ2) is 8.06. The summed E-state index contributed by atoms with van der Waals surface area (Å²) in [6.45, 7) is 2.63. The van der Waals surface area contributed by atoms with Gasteiger partial charge in [-0.3, -0.25) is 4.90 Å². The first kappa shape index (κ1) is 15.1. The molecule has 108 valence electrons. The van der Waals surface area contributed by atoms with E-state index in [1.54, 1.807) is 0 Å². The fraction of sp³-hybridized carbons (Fsp3) is 0.529. The van der Waals surface area contributed by atoms with Crippen molar-refractivity contribution in [3.05, 3.63) is 35.4 Å². The molecule has 3 N–H and O–H groups in total. The molecule has 3 heteroatoms. The maximum absolute atomic E-state index is 9.02. The van der Waals surface area contributed by atoms with Gasteiger partial charge < -0.3 is 10.8 Å². The Morgan fingerprint density at radius 1 is 1.25 bits per heavy atom. The Bertz CT molecular complexity index is 454. The number of hydrogen-bond donors (Lipinski definition) is 2. The normalized spacial score (nSPS) is 14.8. The van der Waals surface area contributed by atoms with E-state index < -0.39 is 0 Å². The van der Waals surface area contributed by atoms with E-state index in [9.17, 15) is 0 Å². The molecule has 20 heavy (non-hydrogen) atoms. The maximum atomic E-state index is 9.02. The lowest BCUT2D eigenvalue weighted by Crippen LogP contribution is -2.40. The Kier molecular flexibility index (Phi) is 6.07. The highest BCUT2D eigenvalue weighted by molar-refractivity contribution is 5.36. The van der Waals surface area contributed by atoms with Gasteiger partial charge in [0.1, 0.15) is 0 Å². The molecule has 1 aromatic rings. The second-order valence-electron chi connectivity index (χ2n) is 5.34. The van der Waals surface area contributed by atoms with Crippen molar-refractivity contribution in [3.63, 3.8) is 0 Å². The van der Waals surface area contributed by atoms with Gasteiger partial charge in [0.05, 0.1) is 6.54 Å². The molecule has 0 aliphatic heterocycles. The lowest BCUT2D eigenvalue weighted by molar-refractivity contribution is 0.109. The van der Waals surface area contributed by atoms with E-state index in [0.29, 0.717) is 12.6 Å². The van der Waals surface area contributed by atoms with Crippen LogP contribution in [0.4, 0.5) is 0 Å². The molecule has 0 spiro atoms. The Morgan fingerprint density at radius 2 is 2.00 bits per heavy atom. The van der Waals surface area contributed by atoms with Gasteiger partial charge in [0.15, 0.2) is 0 Å². The van der Waals surface area contributed by atoms with Gasteiger partial charge in [-0.15, -0.1) is 0 Å². The van der Waals surface area contributed by atoms with Crippen molar-refractivity contribution in [1.82, 2.24) is 4.90 Å². The molecule has 0 unspecified atom stereocenters. The van der Waals surface area contributed by atoms with Crippen molar-refractivity contribution in [3.8, 4) is 11.8 Å². The van der Waals surface area contributed by atoms with Crippen molar-refractivity contribution in [1.29, 1.82) is 0 Å². The first-order valence-corrected chi connectivity index (χ1v) is 7.46. The molecule has 0 bridgehead atoms. The van der Waals surface area contributed by atoms with Gasteiger partial charge in [-0.2, -0.15) is 0 Å². The molecular formula is C17H24N2O. The standard InChI is InChI=1S/C17H24N2O/c18-11-2-4-15-7-9-16(10-8-15)14-19(12-3-13-20)17-5-1-6-17/h7-10,17,20H,1,3,5-6,11-14,18H2. The van der Waals surface area contributed by atoms with E-state index in [2.05, 4.69) is 41.0 Å². The van der Waals surface area contributed by atoms with Gasteiger partial charge in [-0.1, -0.05) is 30.4 Å². The van der Waals surface area contributed by atoms with Gasteiger partial charge in [0.2, 0.25) is 0 Å². The van der Waals surface area contributed by atoms with Crippen LogP contribution in [0, 0.1) is 11.8 Å². The molecule has 0 radical (unpaired) electrons. The third-order valence-corrected chi connectivity index (χ3v) is 3.87. The molecular weight excluding hydrogens is 248 g/mol. The van der Waals surface area contributed by atoms with Crippen LogP contribution in [-0.4, -0.2) is 35.7 Å². The fourth-order valence-electron chi connectivity index (χ4n) is 2.50. The van der Waals surface area contributed by atoms with Crippen molar-refractivity contribution in [2.75, 3.05) is 19.7 Å². The minimum Gasteiger partial charge on any atom is -0.396 e. The summed E-state index contributed by atoms with van der Waals surface area (Å²) in [6, 6.07) is 9.11. The minimum absolute atomic E-state index is 0.275. The Hall–Kier alpha value is -1.34. The summed E-state index contributed by atoms with van der Waals surface area (Å²) in [5, 5.41) is 9.02. The summed E-state index contributed by atoms with van der Waals surface area (Å²) in [7, 11) is 0. The average Bonchev–Trinajstić information content (AvgIpc) is 2.42. The van der Waals surface area contributed by atoms with Crippen LogP contribution in [0.3, 0.4) is 0 Å². The number of nitrogens with zero attached hydrogens (tertiary/aromatic N) is 1. The average molecular weight is 272 g/mol. The van der Waals surface area contributed by atoms with Crippen LogP contribution in [-0.2, 0) is 6.54 Å². The highest BCUT2D eigenvalue weighted by Crippen LogP contribution is 2.26. The van der Waals surface area contributed by atoms with Gasteiger partial charge in [-0.25, -0.2) is 0 Å². The van der Waals surface area contributed by atoms with Gasteiger partial charge in [0.25, 0.3) is 0 Å². The largest absolute Gasteiger partial charge is 0.396 e. The minimum atomic E-state index is 0.275. The monoisotopic (exact) mass is 272 g/mol.